The van der Waals surface area contributed by atoms with E-state index in [2.05, 4.69) is 37.9 Å². The highest BCUT2D eigenvalue weighted by atomic mass is 79.9. The molecule has 0 N–H and O–H groups in total. The van der Waals surface area contributed by atoms with Gasteiger partial charge in [0, 0.05) is 13.2 Å². The van der Waals surface area contributed by atoms with Crippen LogP contribution in [0.15, 0.2) is 9.47 Å². The summed E-state index contributed by atoms with van der Waals surface area (Å²) in [6, 6.07) is 0. The first-order chi connectivity index (χ1) is 7.79. The lowest BCUT2D eigenvalue weighted by atomic mass is 10.2. The molecule has 16 heavy (non-hydrogen) atoms. The van der Waals surface area contributed by atoms with E-state index < -0.39 is 0 Å². The van der Waals surface area contributed by atoms with Gasteiger partial charge in [0.15, 0.2) is 6.29 Å². The molecule has 2 nitrogen and oxygen atoms in total. The number of ether oxygens (including phenoxy) is 2. The minimum atomic E-state index is 0.0744. The molecule has 1 heterocycles. The van der Waals surface area contributed by atoms with Crippen LogP contribution >= 0.6 is 31.9 Å². The van der Waals surface area contributed by atoms with E-state index in [1.165, 1.54) is 25.7 Å². The van der Waals surface area contributed by atoms with E-state index in [1.54, 1.807) is 0 Å². The van der Waals surface area contributed by atoms with Crippen LogP contribution < -0.4 is 0 Å². The van der Waals surface area contributed by atoms with Crippen molar-refractivity contribution in [3.8, 4) is 0 Å². The zero-order valence-electron chi connectivity index (χ0n) is 9.59. The molecule has 0 spiro atoms. The van der Waals surface area contributed by atoms with E-state index in [4.69, 9.17) is 9.47 Å². The van der Waals surface area contributed by atoms with Gasteiger partial charge in [0.05, 0.1) is 3.39 Å². The van der Waals surface area contributed by atoms with Crippen molar-refractivity contribution in [3.05, 3.63) is 9.47 Å². The molecule has 0 aromatic carbocycles. The van der Waals surface area contributed by atoms with E-state index in [0.717, 1.165) is 35.9 Å². The topological polar surface area (TPSA) is 18.5 Å². The summed E-state index contributed by atoms with van der Waals surface area (Å²) in [5.41, 5.74) is 0. The Morgan fingerprint density at radius 1 is 1.25 bits per heavy atom. The smallest absolute Gasteiger partial charge is 0.157 e. The van der Waals surface area contributed by atoms with Crippen molar-refractivity contribution in [1.82, 2.24) is 0 Å². The molecule has 0 aromatic heterocycles. The number of halogens is 2. The van der Waals surface area contributed by atoms with Crippen molar-refractivity contribution >= 4 is 31.9 Å². The van der Waals surface area contributed by atoms with Gasteiger partial charge in [-0.3, -0.25) is 0 Å². The van der Waals surface area contributed by atoms with Crippen molar-refractivity contribution in [3.63, 3.8) is 0 Å². The molecule has 4 heteroatoms. The zero-order chi connectivity index (χ0) is 11.6. The third-order valence-electron chi connectivity index (χ3n) is 2.59. The fraction of sp³-hybridized carbons (Fsp3) is 0.833. The first-order valence-electron chi connectivity index (χ1n) is 6.03. The second-order valence-corrected chi connectivity index (χ2v) is 6.78. The molecular formula is C12H20Br2O2. The summed E-state index contributed by atoms with van der Waals surface area (Å²) in [7, 11) is 0. The van der Waals surface area contributed by atoms with Crippen LogP contribution in [0, 0.1) is 0 Å². The van der Waals surface area contributed by atoms with Crippen molar-refractivity contribution in [2.24, 2.45) is 0 Å². The molecule has 1 aliphatic heterocycles. The third kappa shape index (κ3) is 7.82. The number of hydrogen-bond acceptors (Lipinski definition) is 2. The van der Waals surface area contributed by atoms with E-state index in [9.17, 15) is 0 Å². The van der Waals surface area contributed by atoms with Crippen LogP contribution in [0.25, 0.3) is 0 Å². The summed E-state index contributed by atoms with van der Waals surface area (Å²) in [5.74, 6) is 0. The minimum Gasteiger partial charge on any atom is -0.353 e. The molecular weight excluding hydrogens is 336 g/mol. The van der Waals surface area contributed by atoms with E-state index in [0.29, 0.717) is 0 Å². The number of rotatable bonds is 7. The molecule has 1 fully saturated rings. The SMILES string of the molecule is BrC(Br)=CCCCCCOC1CCCCO1. The summed E-state index contributed by atoms with van der Waals surface area (Å²) in [6.07, 6.45) is 10.4. The molecule has 0 aliphatic carbocycles. The highest BCUT2D eigenvalue weighted by Crippen LogP contribution is 2.16. The summed E-state index contributed by atoms with van der Waals surface area (Å²) >= 11 is 6.69. The normalized spacial score (nSPS) is 20.8. The number of hydrogen-bond donors (Lipinski definition) is 0. The predicted molar refractivity (Wildman–Crippen MR) is 73.9 cm³/mol. The van der Waals surface area contributed by atoms with Gasteiger partial charge < -0.3 is 9.47 Å². The number of allylic oxidation sites excluding steroid dienone is 1. The van der Waals surface area contributed by atoms with E-state index >= 15 is 0 Å². The van der Waals surface area contributed by atoms with E-state index in [-0.39, 0.29) is 6.29 Å². The number of unbranched alkanes of at least 4 members (excludes halogenated alkanes) is 3. The molecule has 1 aliphatic rings. The molecule has 0 aromatic rings. The molecule has 1 saturated heterocycles. The molecule has 1 rings (SSSR count). The first kappa shape index (κ1) is 14.7. The van der Waals surface area contributed by atoms with Crippen LogP contribution in [0.3, 0.4) is 0 Å². The lowest BCUT2D eigenvalue weighted by molar-refractivity contribution is -0.162. The fourth-order valence-electron chi connectivity index (χ4n) is 1.69. The average Bonchev–Trinajstić information content (AvgIpc) is 2.29. The summed E-state index contributed by atoms with van der Waals surface area (Å²) in [5, 5.41) is 0. The van der Waals surface area contributed by atoms with Gasteiger partial charge in [-0.2, -0.15) is 0 Å². The maximum atomic E-state index is 5.65. The zero-order valence-corrected chi connectivity index (χ0v) is 12.8. The Labute approximate surface area is 115 Å². The molecule has 0 amide bonds. The maximum Gasteiger partial charge on any atom is 0.157 e. The van der Waals surface area contributed by atoms with Crippen LogP contribution in [-0.4, -0.2) is 19.5 Å². The largest absolute Gasteiger partial charge is 0.353 e. The Bertz CT molecular complexity index is 197. The third-order valence-corrected chi connectivity index (χ3v) is 3.24. The highest BCUT2D eigenvalue weighted by molar-refractivity contribution is 9.28. The molecule has 0 radical (unpaired) electrons. The van der Waals surface area contributed by atoms with Crippen LogP contribution in [-0.2, 0) is 9.47 Å². The summed E-state index contributed by atoms with van der Waals surface area (Å²) in [4.78, 5) is 0. The highest BCUT2D eigenvalue weighted by Gasteiger charge is 2.12. The van der Waals surface area contributed by atoms with Crippen LogP contribution in [0.5, 0.6) is 0 Å². The first-order valence-corrected chi connectivity index (χ1v) is 7.62. The van der Waals surface area contributed by atoms with Crippen LogP contribution in [0.2, 0.25) is 0 Å². The average molecular weight is 356 g/mol. The Hall–Kier alpha value is 0.620. The van der Waals surface area contributed by atoms with Gasteiger partial charge in [-0.1, -0.05) is 12.5 Å². The lowest BCUT2D eigenvalue weighted by Crippen LogP contribution is -2.22. The van der Waals surface area contributed by atoms with Gasteiger partial charge in [0.1, 0.15) is 0 Å². The summed E-state index contributed by atoms with van der Waals surface area (Å²) < 4.78 is 12.2. The van der Waals surface area contributed by atoms with Crippen molar-refractivity contribution in [2.75, 3.05) is 13.2 Å². The standard InChI is InChI=1S/C12H20Br2O2/c13-11(14)7-3-1-2-5-9-15-12-8-4-6-10-16-12/h7,12H,1-6,8-10H2. The van der Waals surface area contributed by atoms with Gasteiger partial charge >= 0.3 is 0 Å². The molecule has 1 unspecified atom stereocenters. The second-order valence-electron chi connectivity index (χ2n) is 4.01. The maximum absolute atomic E-state index is 5.65. The summed E-state index contributed by atoms with van der Waals surface area (Å²) in [6.45, 7) is 1.71. The quantitative estimate of drug-likeness (QED) is 0.615. The Morgan fingerprint density at radius 3 is 2.81 bits per heavy atom. The van der Waals surface area contributed by atoms with E-state index in [1.807, 2.05) is 0 Å². The van der Waals surface area contributed by atoms with Crippen LogP contribution in [0.1, 0.15) is 44.9 Å². The van der Waals surface area contributed by atoms with Gasteiger partial charge in [-0.05, 0) is 70.4 Å². The minimum absolute atomic E-state index is 0.0744. The van der Waals surface area contributed by atoms with Crippen molar-refractivity contribution in [2.45, 2.75) is 51.2 Å². The monoisotopic (exact) mass is 354 g/mol. The molecule has 1 atom stereocenters. The van der Waals surface area contributed by atoms with Crippen molar-refractivity contribution < 1.29 is 9.47 Å². The predicted octanol–water partition coefficient (Wildman–Crippen LogP) is 4.72. The van der Waals surface area contributed by atoms with Crippen molar-refractivity contribution in [1.29, 1.82) is 0 Å². The van der Waals surface area contributed by atoms with Gasteiger partial charge in [-0.15, -0.1) is 0 Å². The van der Waals surface area contributed by atoms with Gasteiger partial charge in [0.25, 0.3) is 0 Å². The van der Waals surface area contributed by atoms with Crippen LogP contribution in [0.4, 0.5) is 0 Å². The second kappa shape index (κ2) is 9.63. The Morgan fingerprint density at radius 2 is 2.12 bits per heavy atom. The molecule has 0 bridgehead atoms. The fourth-order valence-corrected chi connectivity index (χ4v) is 2.15. The molecule has 0 saturated carbocycles. The van der Waals surface area contributed by atoms with Gasteiger partial charge in [-0.25, -0.2) is 0 Å². The lowest BCUT2D eigenvalue weighted by Gasteiger charge is -2.22. The Kier molecular flexibility index (Phi) is 8.84. The Balaban J connectivity index is 1.85. The van der Waals surface area contributed by atoms with Gasteiger partial charge in [0.2, 0.25) is 0 Å². The molecule has 94 valence electrons.